The predicted octanol–water partition coefficient (Wildman–Crippen LogP) is 4.16. The molecule has 37 heavy (non-hydrogen) atoms. The number of anilines is 1. The Morgan fingerprint density at radius 3 is 2.30 bits per heavy atom. The maximum Gasteiger partial charge on any atom is 0.335 e. The summed E-state index contributed by atoms with van der Waals surface area (Å²) in [5.41, 5.74) is 5.57. The van der Waals surface area contributed by atoms with Crippen LogP contribution in [-0.4, -0.2) is 59.5 Å². The minimum atomic E-state index is -0.141. The summed E-state index contributed by atoms with van der Waals surface area (Å²) < 4.78 is 20.0. The van der Waals surface area contributed by atoms with Crippen LogP contribution in [0.2, 0.25) is 0 Å². The number of rotatable bonds is 7. The lowest BCUT2D eigenvalue weighted by molar-refractivity contribution is 0.0819. The second-order valence-corrected chi connectivity index (χ2v) is 9.97. The number of pyridine rings is 1. The number of ether oxygens (including phenoxy) is 3. The van der Waals surface area contributed by atoms with Gasteiger partial charge in [-0.05, 0) is 49.4 Å². The third-order valence-electron chi connectivity index (χ3n) is 7.36. The van der Waals surface area contributed by atoms with Gasteiger partial charge in [0.1, 0.15) is 17.0 Å². The van der Waals surface area contributed by atoms with E-state index in [9.17, 15) is 4.79 Å². The normalized spacial score (nSPS) is 14.7. The molecule has 0 amide bonds. The van der Waals surface area contributed by atoms with Crippen LogP contribution in [-0.2, 0) is 11.3 Å². The first-order valence-corrected chi connectivity index (χ1v) is 12.8. The van der Waals surface area contributed by atoms with E-state index in [-0.39, 0.29) is 17.7 Å². The molecule has 0 radical (unpaired) electrons. The summed E-state index contributed by atoms with van der Waals surface area (Å²) in [6.07, 6.45) is 4.10. The molecule has 1 aliphatic rings. The second kappa shape index (κ2) is 10.0. The lowest BCUT2D eigenvalue weighted by atomic mass is 10.1. The van der Waals surface area contributed by atoms with E-state index in [0.717, 1.165) is 54.1 Å². The molecule has 0 aliphatic carbocycles. The van der Waals surface area contributed by atoms with Gasteiger partial charge in [-0.25, -0.2) is 19.2 Å². The molecule has 3 aromatic heterocycles. The summed E-state index contributed by atoms with van der Waals surface area (Å²) in [6.45, 7) is 8.23. The fourth-order valence-electron chi connectivity index (χ4n) is 5.32. The van der Waals surface area contributed by atoms with Crippen LogP contribution < -0.4 is 20.1 Å². The molecule has 1 saturated heterocycles. The Labute approximate surface area is 216 Å². The van der Waals surface area contributed by atoms with Crippen LogP contribution in [0.15, 0.2) is 35.3 Å². The zero-order valence-electron chi connectivity index (χ0n) is 22.4. The molecule has 0 bridgehead atoms. The number of hydrogen-bond donors (Lipinski definition) is 0. The van der Waals surface area contributed by atoms with Gasteiger partial charge in [-0.3, -0.25) is 4.57 Å². The fraction of sp³-hybridized carbons (Fsp3) is 0.464. The Bertz CT molecular complexity index is 1480. The van der Waals surface area contributed by atoms with Crippen molar-refractivity contribution in [1.29, 1.82) is 0 Å². The highest BCUT2D eigenvalue weighted by atomic mass is 16.5. The fourth-order valence-corrected chi connectivity index (χ4v) is 5.32. The Kier molecular flexibility index (Phi) is 6.81. The molecule has 4 aromatic rings. The number of imidazole rings is 1. The molecular weight excluding hydrogens is 470 g/mol. The average molecular weight is 506 g/mol. The summed E-state index contributed by atoms with van der Waals surface area (Å²) >= 11 is 0. The number of hydrogen-bond acceptors (Lipinski definition) is 7. The number of methoxy groups -OCH3 is 3. The Hall–Kier alpha value is -3.59. The first kappa shape index (κ1) is 25.1. The molecule has 0 unspecified atom stereocenters. The standard InChI is InChI=1S/C28H35N5O4/c1-17(2)25-18(3)33-27(30-25)26-24(13-20(15-29-26)31-9-7-21(35-4)8-10-31)32(28(33)34)16-19-11-22(36-5)14-23(12-19)37-6/h11-15,17,21H,7-10,16H2,1-6H3. The van der Waals surface area contributed by atoms with Gasteiger partial charge in [-0.15, -0.1) is 0 Å². The molecule has 4 heterocycles. The van der Waals surface area contributed by atoms with Crippen molar-refractivity contribution in [3.63, 3.8) is 0 Å². The van der Waals surface area contributed by atoms with E-state index in [2.05, 4.69) is 24.8 Å². The average Bonchev–Trinajstić information content (AvgIpc) is 3.28. The zero-order chi connectivity index (χ0) is 26.3. The molecule has 9 heteroatoms. The number of aromatic nitrogens is 4. The van der Waals surface area contributed by atoms with Gasteiger partial charge in [0, 0.05) is 32.0 Å². The molecule has 5 rings (SSSR count). The quantitative estimate of drug-likeness (QED) is 0.373. The molecule has 1 aliphatic heterocycles. The summed E-state index contributed by atoms with van der Waals surface area (Å²) in [5.74, 6) is 1.54. The summed E-state index contributed by atoms with van der Waals surface area (Å²) in [6, 6.07) is 7.76. The lowest BCUT2D eigenvalue weighted by Gasteiger charge is -2.32. The SMILES string of the molecule is COc1cc(Cn2c(=O)n3c(C)c(C(C)C)nc3c3ncc(N4CCC(OC)CC4)cc32)cc(OC)c1. The van der Waals surface area contributed by atoms with Crippen molar-refractivity contribution in [2.75, 3.05) is 39.3 Å². The van der Waals surface area contributed by atoms with Gasteiger partial charge in [-0.1, -0.05) is 13.8 Å². The van der Waals surface area contributed by atoms with E-state index in [1.165, 1.54) is 0 Å². The van der Waals surface area contributed by atoms with Crippen LogP contribution in [0.4, 0.5) is 5.69 Å². The van der Waals surface area contributed by atoms with Gasteiger partial charge in [-0.2, -0.15) is 0 Å². The predicted molar refractivity (Wildman–Crippen MR) is 144 cm³/mol. The second-order valence-electron chi connectivity index (χ2n) is 9.97. The molecule has 1 fully saturated rings. The molecule has 0 N–H and O–H groups in total. The minimum Gasteiger partial charge on any atom is -0.497 e. The molecule has 196 valence electrons. The van der Waals surface area contributed by atoms with Crippen LogP contribution in [0.5, 0.6) is 11.5 Å². The summed E-state index contributed by atoms with van der Waals surface area (Å²) in [5, 5.41) is 0. The summed E-state index contributed by atoms with van der Waals surface area (Å²) in [7, 11) is 5.02. The molecule has 0 atom stereocenters. The van der Waals surface area contributed by atoms with Crippen LogP contribution in [0.25, 0.3) is 16.7 Å². The maximum absolute atomic E-state index is 14.0. The zero-order valence-corrected chi connectivity index (χ0v) is 22.4. The van der Waals surface area contributed by atoms with Crippen molar-refractivity contribution in [3.05, 3.63) is 57.9 Å². The third-order valence-corrected chi connectivity index (χ3v) is 7.36. The first-order chi connectivity index (χ1) is 17.8. The van der Waals surface area contributed by atoms with Crippen LogP contribution in [0.3, 0.4) is 0 Å². The van der Waals surface area contributed by atoms with Crippen molar-refractivity contribution < 1.29 is 14.2 Å². The number of nitrogens with zero attached hydrogens (tertiary/aromatic N) is 5. The Morgan fingerprint density at radius 1 is 1.03 bits per heavy atom. The Morgan fingerprint density at radius 2 is 1.70 bits per heavy atom. The van der Waals surface area contributed by atoms with Crippen molar-refractivity contribution in [3.8, 4) is 11.5 Å². The molecule has 0 saturated carbocycles. The van der Waals surface area contributed by atoms with Crippen molar-refractivity contribution >= 4 is 22.4 Å². The summed E-state index contributed by atoms with van der Waals surface area (Å²) in [4.78, 5) is 26.1. The molecule has 1 aromatic carbocycles. The molecule has 0 spiro atoms. The van der Waals surface area contributed by atoms with Gasteiger partial charge in [0.15, 0.2) is 5.65 Å². The molecule has 9 nitrogen and oxygen atoms in total. The van der Waals surface area contributed by atoms with Gasteiger partial charge in [0.25, 0.3) is 0 Å². The maximum atomic E-state index is 14.0. The first-order valence-electron chi connectivity index (χ1n) is 12.8. The van der Waals surface area contributed by atoms with Gasteiger partial charge < -0.3 is 19.1 Å². The number of fused-ring (bicyclic) bond motifs is 3. The third kappa shape index (κ3) is 4.52. The number of aryl methyl sites for hydroxylation is 1. The van der Waals surface area contributed by atoms with E-state index in [4.69, 9.17) is 24.2 Å². The van der Waals surface area contributed by atoms with E-state index in [0.29, 0.717) is 29.2 Å². The van der Waals surface area contributed by atoms with Gasteiger partial charge in [0.2, 0.25) is 0 Å². The van der Waals surface area contributed by atoms with Crippen LogP contribution in [0.1, 0.15) is 49.6 Å². The topological polar surface area (TPSA) is 83.1 Å². The van der Waals surface area contributed by atoms with Crippen molar-refractivity contribution in [2.24, 2.45) is 0 Å². The molecular formula is C28H35N5O4. The number of piperidine rings is 1. The van der Waals surface area contributed by atoms with Gasteiger partial charge in [0.05, 0.1) is 50.0 Å². The van der Waals surface area contributed by atoms with Crippen molar-refractivity contribution in [2.45, 2.75) is 52.2 Å². The minimum absolute atomic E-state index is 0.141. The van der Waals surface area contributed by atoms with E-state index in [1.54, 1.807) is 30.3 Å². The largest absolute Gasteiger partial charge is 0.497 e. The van der Waals surface area contributed by atoms with Crippen LogP contribution >= 0.6 is 0 Å². The Balaban J connectivity index is 1.71. The van der Waals surface area contributed by atoms with E-state index >= 15 is 0 Å². The highest BCUT2D eigenvalue weighted by molar-refractivity contribution is 5.90. The lowest BCUT2D eigenvalue weighted by Crippen LogP contribution is -2.36. The smallest absolute Gasteiger partial charge is 0.335 e. The van der Waals surface area contributed by atoms with Crippen LogP contribution in [0, 0.1) is 6.92 Å². The van der Waals surface area contributed by atoms with Gasteiger partial charge >= 0.3 is 5.69 Å². The van der Waals surface area contributed by atoms with E-state index in [1.807, 2.05) is 31.3 Å². The highest BCUT2D eigenvalue weighted by Gasteiger charge is 2.23. The van der Waals surface area contributed by atoms with Crippen molar-refractivity contribution in [1.82, 2.24) is 18.9 Å². The number of benzene rings is 1. The monoisotopic (exact) mass is 505 g/mol. The van der Waals surface area contributed by atoms with E-state index < -0.39 is 0 Å². The highest BCUT2D eigenvalue weighted by Crippen LogP contribution is 2.29.